The zero-order valence-electron chi connectivity index (χ0n) is 11.3. The van der Waals surface area contributed by atoms with Crippen LogP contribution in [0.2, 0.25) is 10.0 Å². The minimum atomic E-state index is -0.522. The topological polar surface area (TPSA) is 44.9 Å². The number of anilines is 1. The fourth-order valence-corrected chi connectivity index (χ4v) is 2.60. The molecule has 3 aromatic rings. The molecule has 0 unspecified atom stereocenters. The Balaban J connectivity index is 1.78. The van der Waals surface area contributed by atoms with Crippen molar-refractivity contribution in [1.82, 2.24) is 4.98 Å². The molecule has 0 saturated carbocycles. The summed E-state index contributed by atoms with van der Waals surface area (Å²) in [5.41, 5.74) is 2.20. The van der Waals surface area contributed by atoms with Crippen LogP contribution in [0.3, 0.4) is 0 Å². The Labute approximate surface area is 136 Å². The molecule has 6 heteroatoms. The molecule has 1 amide bonds. The third-order valence-corrected chi connectivity index (χ3v) is 3.81. The van der Waals surface area contributed by atoms with Gasteiger partial charge in [0.25, 0.3) is 0 Å². The van der Waals surface area contributed by atoms with Crippen LogP contribution in [-0.2, 0) is 11.2 Å². The predicted octanol–water partition coefficient (Wildman–Crippen LogP) is 4.80. The van der Waals surface area contributed by atoms with E-state index in [1.54, 1.807) is 12.3 Å². The van der Waals surface area contributed by atoms with Gasteiger partial charge in [0.05, 0.1) is 11.4 Å². The molecule has 0 radical (unpaired) electrons. The standard InChI is InChI=1S/C16H11Cl2FN2O/c17-10-1-4-15-12(6-10)9(8-20-15)5-16(22)21-11-2-3-14(19)13(18)7-11/h1-4,6-8,20H,5H2,(H,21,22). The molecule has 0 aliphatic heterocycles. The molecule has 1 aromatic heterocycles. The predicted molar refractivity (Wildman–Crippen MR) is 87.1 cm³/mol. The van der Waals surface area contributed by atoms with E-state index < -0.39 is 5.82 Å². The van der Waals surface area contributed by atoms with Gasteiger partial charge in [-0.3, -0.25) is 4.79 Å². The van der Waals surface area contributed by atoms with Gasteiger partial charge in [-0.1, -0.05) is 23.2 Å². The van der Waals surface area contributed by atoms with Gasteiger partial charge in [0.2, 0.25) is 5.91 Å². The summed E-state index contributed by atoms with van der Waals surface area (Å²) < 4.78 is 13.1. The van der Waals surface area contributed by atoms with Crippen molar-refractivity contribution >= 4 is 45.7 Å². The van der Waals surface area contributed by atoms with E-state index in [9.17, 15) is 9.18 Å². The van der Waals surface area contributed by atoms with Gasteiger partial charge in [0, 0.05) is 27.8 Å². The van der Waals surface area contributed by atoms with Gasteiger partial charge >= 0.3 is 0 Å². The minimum absolute atomic E-state index is 0.0309. The smallest absolute Gasteiger partial charge is 0.228 e. The SMILES string of the molecule is O=C(Cc1c[nH]c2ccc(Cl)cc12)Nc1ccc(F)c(Cl)c1. The lowest BCUT2D eigenvalue weighted by atomic mass is 10.1. The molecule has 0 fully saturated rings. The molecular weight excluding hydrogens is 326 g/mol. The van der Waals surface area contributed by atoms with Crippen LogP contribution in [0.4, 0.5) is 10.1 Å². The summed E-state index contributed by atoms with van der Waals surface area (Å²) in [7, 11) is 0. The number of aromatic amines is 1. The Hall–Kier alpha value is -2.04. The molecule has 1 heterocycles. The van der Waals surface area contributed by atoms with Crippen molar-refractivity contribution < 1.29 is 9.18 Å². The van der Waals surface area contributed by atoms with E-state index in [1.165, 1.54) is 18.2 Å². The lowest BCUT2D eigenvalue weighted by Gasteiger charge is -2.06. The Morgan fingerprint density at radius 2 is 2.00 bits per heavy atom. The van der Waals surface area contributed by atoms with Crippen LogP contribution in [0, 0.1) is 5.82 Å². The fraction of sp³-hybridized carbons (Fsp3) is 0.0625. The molecule has 112 valence electrons. The molecule has 0 aliphatic carbocycles. The molecular formula is C16H11Cl2FN2O. The van der Waals surface area contributed by atoms with Crippen LogP contribution in [0.5, 0.6) is 0 Å². The molecule has 0 atom stereocenters. The maximum Gasteiger partial charge on any atom is 0.228 e. The number of H-pyrrole nitrogens is 1. The number of amides is 1. The Kier molecular flexibility index (Phi) is 4.05. The Bertz CT molecular complexity index is 860. The second kappa shape index (κ2) is 5.99. The van der Waals surface area contributed by atoms with Crippen LogP contribution in [0.1, 0.15) is 5.56 Å². The number of hydrogen-bond acceptors (Lipinski definition) is 1. The van der Waals surface area contributed by atoms with Crippen LogP contribution < -0.4 is 5.32 Å². The maximum absolute atomic E-state index is 13.1. The number of rotatable bonds is 3. The van der Waals surface area contributed by atoms with E-state index >= 15 is 0 Å². The number of carbonyl (C=O) groups excluding carboxylic acids is 1. The Morgan fingerprint density at radius 3 is 2.77 bits per heavy atom. The average molecular weight is 337 g/mol. The number of aromatic nitrogens is 1. The number of hydrogen-bond donors (Lipinski definition) is 2. The van der Waals surface area contributed by atoms with Crippen LogP contribution in [0.15, 0.2) is 42.6 Å². The van der Waals surface area contributed by atoms with Crippen LogP contribution >= 0.6 is 23.2 Å². The minimum Gasteiger partial charge on any atom is -0.361 e. The molecule has 0 saturated heterocycles. The monoisotopic (exact) mass is 336 g/mol. The summed E-state index contributed by atoms with van der Waals surface area (Å²) in [6.07, 6.45) is 1.95. The molecule has 0 aliphatic rings. The third-order valence-electron chi connectivity index (χ3n) is 3.28. The summed E-state index contributed by atoms with van der Waals surface area (Å²) in [5.74, 6) is -0.741. The van der Waals surface area contributed by atoms with E-state index in [4.69, 9.17) is 23.2 Å². The maximum atomic E-state index is 13.1. The summed E-state index contributed by atoms with van der Waals surface area (Å²) in [5, 5.41) is 4.17. The van der Waals surface area contributed by atoms with Gasteiger partial charge in [-0.2, -0.15) is 0 Å². The highest BCUT2D eigenvalue weighted by Gasteiger charge is 2.10. The van der Waals surface area contributed by atoms with E-state index in [-0.39, 0.29) is 17.4 Å². The number of fused-ring (bicyclic) bond motifs is 1. The van der Waals surface area contributed by atoms with Crippen molar-refractivity contribution in [2.24, 2.45) is 0 Å². The number of nitrogens with one attached hydrogen (secondary N) is 2. The molecule has 0 spiro atoms. The highest BCUT2D eigenvalue weighted by Crippen LogP contribution is 2.23. The van der Waals surface area contributed by atoms with Crippen LogP contribution in [-0.4, -0.2) is 10.9 Å². The molecule has 3 nitrogen and oxygen atoms in total. The van der Waals surface area contributed by atoms with E-state index in [1.807, 2.05) is 12.1 Å². The zero-order valence-corrected chi connectivity index (χ0v) is 12.8. The Morgan fingerprint density at radius 1 is 1.18 bits per heavy atom. The largest absolute Gasteiger partial charge is 0.361 e. The van der Waals surface area contributed by atoms with Gasteiger partial charge in [0.15, 0.2) is 0 Å². The second-order valence-electron chi connectivity index (χ2n) is 4.86. The van der Waals surface area contributed by atoms with Crippen molar-refractivity contribution in [3.05, 3.63) is 64.0 Å². The fourth-order valence-electron chi connectivity index (χ4n) is 2.25. The van der Waals surface area contributed by atoms with Gasteiger partial charge in [-0.25, -0.2) is 4.39 Å². The third kappa shape index (κ3) is 3.08. The first-order valence-corrected chi connectivity index (χ1v) is 7.29. The molecule has 2 aromatic carbocycles. The summed E-state index contributed by atoms with van der Waals surface area (Å²) in [6.45, 7) is 0. The lowest BCUT2D eigenvalue weighted by molar-refractivity contribution is -0.115. The number of carbonyl (C=O) groups is 1. The summed E-state index contributed by atoms with van der Waals surface area (Å²) in [6, 6.07) is 9.50. The van der Waals surface area contributed by atoms with E-state index in [2.05, 4.69) is 10.3 Å². The molecule has 2 N–H and O–H groups in total. The first kappa shape index (κ1) is 14.9. The van der Waals surface area contributed by atoms with Gasteiger partial charge in [-0.15, -0.1) is 0 Å². The van der Waals surface area contributed by atoms with Crippen molar-refractivity contribution in [2.75, 3.05) is 5.32 Å². The summed E-state index contributed by atoms with van der Waals surface area (Å²) in [4.78, 5) is 15.2. The van der Waals surface area contributed by atoms with Gasteiger partial charge < -0.3 is 10.3 Å². The average Bonchev–Trinajstić information content (AvgIpc) is 2.85. The lowest BCUT2D eigenvalue weighted by Crippen LogP contribution is -2.14. The van der Waals surface area contributed by atoms with Crippen molar-refractivity contribution in [3.8, 4) is 0 Å². The quantitative estimate of drug-likeness (QED) is 0.709. The van der Waals surface area contributed by atoms with E-state index in [0.717, 1.165) is 16.5 Å². The molecule has 0 bridgehead atoms. The number of halogens is 3. The van der Waals surface area contributed by atoms with Crippen LogP contribution in [0.25, 0.3) is 10.9 Å². The highest BCUT2D eigenvalue weighted by molar-refractivity contribution is 6.31. The molecule has 3 rings (SSSR count). The normalized spacial score (nSPS) is 10.9. The van der Waals surface area contributed by atoms with Gasteiger partial charge in [-0.05, 0) is 42.0 Å². The van der Waals surface area contributed by atoms with Crippen molar-refractivity contribution in [3.63, 3.8) is 0 Å². The number of benzene rings is 2. The molecule has 22 heavy (non-hydrogen) atoms. The first-order chi connectivity index (χ1) is 10.5. The van der Waals surface area contributed by atoms with Crippen molar-refractivity contribution in [1.29, 1.82) is 0 Å². The van der Waals surface area contributed by atoms with E-state index in [0.29, 0.717) is 10.7 Å². The first-order valence-electron chi connectivity index (χ1n) is 6.53. The second-order valence-corrected chi connectivity index (χ2v) is 5.70. The van der Waals surface area contributed by atoms with Crippen molar-refractivity contribution in [2.45, 2.75) is 6.42 Å². The summed E-state index contributed by atoms with van der Waals surface area (Å²) >= 11 is 11.7. The zero-order chi connectivity index (χ0) is 15.7. The van der Waals surface area contributed by atoms with Gasteiger partial charge in [0.1, 0.15) is 5.82 Å². The highest BCUT2D eigenvalue weighted by atomic mass is 35.5.